The van der Waals surface area contributed by atoms with Gasteiger partial charge < -0.3 is 19.9 Å². The molecule has 1 saturated heterocycles. The second-order valence-corrected chi connectivity index (χ2v) is 7.33. The Morgan fingerprint density at radius 1 is 1.07 bits per heavy atom. The molecule has 144 valence electrons. The third-order valence-electron chi connectivity index (χ3n) is 4.77. The molecule has 2 aromatic carbocycles. The van der Waals surface area contributed by atoms with Gasteiger partial charge in [0.2, 0.25) is 0 Å². The van der Waals surface area contributed by atoms with Crippen LogP contribution in [0.2, 0.25) is 5.02 Å². The molecular weight excluding hydrogens is 362 g/mol. The lowest BCUT2D eigenvalue weighted by Crippen LogP contribution is -2.44. The molecule has 0 bridgehead atoms. The van der Waals surface area contributed by atoms with Crippen molar-refractivity contribution in [1.82, 2.24) is 10.2 Å². The summed E-state index contributed by atoms with van der Waals surface area (Å²) in [5.74, 6) is 0.478. The first-order chi connectivity index (χ1) is 13.0. The van der Waals surface area contributed by atoms with Crippen molar-refractivity contribution >= 4 is 23.2 Å². The number of ether oxygens (including phenoxy) is 1. The minimum Gasteiger partial charge on any atom is -0.481 e. The predicted octanol–water partition coefficient (Wildman–Crippen LogP) is 3.18. The number of nitrogens with one attached hydrogen (secondary N) is 1. The fourth-order valence-corrected chi connectivity index (χ4v) is 3.12. The van der Waals surface area contributed by atoms with Crippen LogP contribution in [0.5, 0.6) is 5.75 Å². The van der Waals surface area contributed by atoms with Crippen LogP contribution in [0.15, 0.2) is 48.5 Å². The van der Waals surface area contributed by atoms with Gasteiger partial charge in [-0.15, -0.1) is 0 Å². The maximum Gasteiger partial charge on any atom is 0.261 e. The summed E-state index contributed by atoms with van der Waals surface area (Å²) in [5, 5.41) is 3.56. The number of likely N-dealkylation sites (N-methyl/N-ethyl adjacent to an activating group) is 1. The lowest BCUT2D eigenvalue weighted by Gasteiger charge is -2.34. The van der Waals surface area contributed by atoms with E-state index in [9.17, 15) is 4.79 Å². The largest absolute Gasteiger partial charge is 0.481 e. The summed E-state index contributed by atoms with van der Waals surface area (Å²) in [6, 6.07) is 15.4. The number of nitrogens with zero attached hydrogens (tertiary/aromatic N) is 2. The molecule has 3 rings (SSSR count). The molecule has 0 saturated carbocycles. The normalized spacial score (nSPS) is 16.0. The molecule has 1 aliphatic rings. The van der Waals surface area contributed by atoms with Crippen LogP contribution >= 0.6 is 11.6 Å². The first-order valence-electron chi connectivity index (χ1n) is 9.23. The number of piperazine rings is 1. The standard InChI is InChI=1S/C21H26ClN3O2/c1-16(27-20-9-5-18(22)6-10-20)21(26)23-15-17-3-7-19(8-4-17)25-13-11-24(2)12-14-25/h3-10,16H,11-15H2,1-2H3,(H,23,26). The third kappa shape index (κ3) is 5.62. The lowest BCUT2D eigenvalue weighted by molar-refractivity contribution is -0.127. The third-order valence-corrected chi connectivity index (χ3v) is 5.02. The molecule has 1 heterocycles. The van der Waals surface area contributed by atoms with Crippen molar-refractivity contribution in [1.29, 1.82) is 0 Å². The summed E-state index contributed by atoms with van der Waals surface area (Å²) >= 11 is 5.86. The van der Waals surface area contributed by atoms with Gasteiger partial charge >= 0.3 is 0 Å². The second-order valence-electron chi connectivity index (χ2n) is 6.89. The highest BCUT2D eigenvalue weighted by Gasteiger charge is 2.15. The van der Waals surface area contributed by atoms with E-state index in [4.69, 9.17) is 16.3 Å². The van der Waals surface area contributed by atoms with Crippen LogP contribution in [0.4, 0.5) is 5.69 Å². The average molecular weight is 388 g/mol. The minimum atomic E-state index is -0.573. The molecule has 0 aliphatic carbocycles. The zero-order valence-corrected chi connectivity index (χ0v) is 16.6. The smallest absolute Gasteiger partial charge is 0.261 e. The Kier molecular flexibility index (Phi) is 6.58. The molecule has 5 nitrogen and oxygen atoms in total. The number of hydrogen-bond donors (Lipinski definition) is 1. The first-order valence-corrected chi connectivity index (χ1v) is 9.61. The summed E-state index contributed by atoms with van der Waals surface area (Å²) in [5.41, 5.74) is 2.30. The molecule has 27 heavy (non-hydrogen) atoms. The summed E-state index contributed by atoms with van der Waals surface area (Å²) in [4.78, 5) is 17.0. The van der Waals surface area contributed by atoms with Crippen molar-refractivity contribution in [3.63, 3.8) is 0 Å². The Morgan fingerprint density at radius 3 is 2.33 bits per heavy atom. The van der Waals surface area contributed by atoms with Crippen molar-refractivity contribution in [2.75, 3.05) is 38.1 Å². The predicted molar refractivity (Wildman–Crippen MR) is 110 cm³/mol. The highest BCUT2D eigenvalue weighted by atomic mass is 35.5. The summed E-state index contributed by atoms with van der Waals surface area (Å²) < 4.78 is 5.65. The Morgan fingerprint density at radius 2 is 1.70 bits per heavy atom. The molecule has 1 N–H and O–H groups in total. The summed E-state index contributed by atoms with van der Waals surface area (Å²) in [6.07, 6.45) is -0.573. The van der Waals surface area contributed by atoms with Crippen molar-refractivity contribution in [2.45, 2.75) is 19.6 Å². The van der Waals surface area contributed by atoms with Gasteiger partial charge in [0.25, 0.3) is 5.91 Å². The Labute approximate surface area is 165 Å². The van der Waals surface area contributed by atoms with Crippen molar-refractivity contribution < 1.29 is 9.53 Å². The van der Waals surface area contributed by atoms with E-state index in [-0.39, 0.29) is 5.91 Å². The number of hydrogen-bond acceptors (Lipinski definition) is 4. The Hall–Kier alpha value is -2.24. The summed E-state index contributed by atoms with van der Waals surface area (Å²) in [6.45, 7) is 6.49. The molecular formula is C21H26ClN3O2. The van der Waals surface area contributed by atoms with Crippen LogP contribution in [-0.2, 0) is 11.3 Å². The van der Waals surface area contributed by atoms with Gasteiger partial charge in [0.05, 0.1) is 0 Å². The summed E-state index contributed by atoms with van der Waals surface area (Å²) in [7, 11) is 2.15. The fraction of sp³-hybridized carbons (Fsp3) is 0.381. The highest BCUT2D eigenvalue weighted by Crippen LogP contribution is 2.18. The van der Waals surface area contributed by atoms with Crippen molar-refractivity contribution in [3.8, 4) is 5.75 Å². The number of anilines is 1. The van der Waals surface area contributed by atoms with E-state index in [2.05, 4.69) is 46.4 Å². The molecule has 0 radical (unpaired) electrons. The van der Waals surface area contributed by atoms with Crippen LogP contribution in [0.25, 0.3) is 0 Å². The SMILES string of the molecule is CC(Oc1ccc(Cl)cc1)C(=O)NCc1ccc(N2CCN(C)CC2)cc1. The van der Waals surface area contributed by atoms with Gasteiger partial charge in [-0.3, -0.25) is 4.79 Å². The molecule has 1 aliphatic heterocycles. The zero-order chi connectivity index (χ0) is 19.2. The molecule has 2 aromatic rings. The minimum absolute atomic E-state index is 0.145. The van der Waals surface area contributed by atoms with E-state index in [0.29, 0.717) is 17.3 Å². The Balaban J connectivity index is 1.47. The van der Waals surface area contributed by atoms with Crippen LogP contribution in [0.1, 0.15) is 12.5 Å². The van der Waals surface area contributed by atoms with Gasteiger partial charge in [-0.05, 0) is 55.9 Å². The van der Waals surface area contributed by atoms with Gasteiger partial charge in [-0.1, -0.05) is 23.7 Å². The number of halogens is 1. The van der Waals surface area contributed by atoms with Crippen LogP contribution in [0.3, 0.4) is 0 Å². The van der Waals surface area contributed by atoms with E-state index in [1.807, 2.05) is 0 Å². The van der Waals surface area contributed by atoms with Crippen molar-refractivity contribution in [2.24, 2.45) is 0 Å². The second kappa shape index (κ2) is 9.11. The number of rotatable bonds is 6. The average Bonchev–Trinajstić information content (AvgIpc) is 2.69. The van der Waals surface area contributed by atoms with Gasteiger partial charge in [-0.25, -0.2) is 0 Å². The van der Waals surface area contributed by atoms with Gasteiger partial charge in [0, 0.05) is 43.4 Å². The molecule has 1 amide bonds. The molecule has 1 unspecified atom stereocenters. The molecule has 6 heteroatoms. The molecule has 0 spiro atoms. The maximum atomic E-state index is 12.3. The van der Waals surface area contributed by atoms with E-state index in [0.717, 1.165) is 31.7 Å². The van der Waals surface area contributed by atoms with Crippen LogP contribution in [0, 0.1) is 0 Å². The number of carbonyl (C=O) groups is 1. The van der Waals surface area contributed by atoms with E-state index < -0.39 is 6.10 Å². The topological polar surface area (TPSA) is 44.8 Å². The van der Waals surface area contributed by atoms with Crippen LogP contribution < -0.4 is 15.0 Å². The highest BCUT2D eigenvalue weighted by molar-refractivity contribution is 6.30. The first kappa shape index (κ1) is 19.5. The number of carbonyl (C=O) groups excluding carboxylic acids is 1. The van der Waals surface area contributed by atoms with Gasteiger partial charge in [0.15, 0.2) is 6.10 Å². The van der Waals surface area contributed by atoms with Gasteiger partial charge in [-0.2, -0.15) is 0 Å². The monoisotopic (exact) mass is 387 g/mol. The van der Waals surface area contributed by atoms with Crippen LogP contribution in [-0.4, -0.2) is 50.1 Å². The van der Waals surface area contributed by atoms with E-state index in [1.54, 1.807) is 31.2 Å². The number of benzene rings is 2. The Bertz CT molecular complexity index is 741. The molecule has 1 fully saturated rings. The van der Waals surface area contributed by atoms with Crippen molar-refractivity contribution in [3.05, 3.63) is 59.1 Å². The van der Waals surface area contributed by atoms with E-state index >= 15 is 0 Å². The maximum absolute atomic E-state index is 12.3. The van der Waals surface area contributed by atoms with E-state index in [1.165, 1.54) is 5.69 Å². The molecule has 0 aromatic heterocycles. The number of amides is 1. The zero-order valence-electron chi connectivity index (χ0n) is 15.8. The fourth-order valence-electron chi connectivity index (χ4n) is 2.99. The molecule has 1 atom stereocenters. The lowest BCUT2D eigenvalue weighted by atomic mass is 10.1. The quantitative estimate of drug-likeness (QED) is 0.826. The van der Waals surface area contributed by atoms with Gasteiger partial charge in [0.1, 0.15) is 5.75 Å².